The largest absolute Gasteiger partial charge is 0.481 e. The zero-order valence-corrected chi connectivity index (χ0v) is 12.0. The summed E-state index contributed by atoms with van der Waals surface area (Å²) in [6.45, 7) is 2.09. The van der Waals surface area contributed by atoms with E-state index in [4.69, 9.17) is 4.52 Å². The quantitative estimate of drug-likeness (QED) is 0.934. The van der Waals surface area contributed by atoms with E-state index in [2.05, 4.69) is 17.1 Å². The van der Waals surface area contributed by atoms with E-state index >= 15 is 0 Å². The molecule has 1 saturated carbocycles. The van der Waals surface area contributed by atoms with Crippen molar-refractivity contribution in [2.45, 2.75) is 32.1 Å². The maximum absolute atomic E-state index is 11.4. The molecule has 0 spiro atoms. The van der Waals surface area contributed by atoms with Crippen molar-refractivity contribution in [1.29, 1.82) is 0 Å². The lowest BCUT2D eigenvalue weighted by atomic mass is 9.96. The van der Waals surface area contributed by atoms with Gasteiger partial charge in [0, 0.05) is 0 Å². The van der Waals surface area contributed by atoms with Crippen LogP contribution in [0.5, 0.6) is 0 Å². The molecule has 0 saturated heterocycles. The number of carbonyl (C=O) groups is 1. The van der Waals surface area contributed by atoms with Crippen LogP contribution >= 0.6 is 11.3 Å². The summed E-state index contributed by atoms with van der Waals surface area (Å²) in [7, 11) is 0. The second-order valence-corrected chi connectivity index (χ2v) is 6.18. The molecule has 2 aromatic rings. The predicted molar refractivity (Wildman–Crippen MR) is 74.5 cm³/mol. The van der Waals surface area contributed by atoms with E-state index in [1.54, 1.807) is 11.3 Å². The summed E-state index contributed by atoms with van der Waals surface area (Å²) >= 11 is 1.54. The molecule has 1 fully saturated rings. The van der Waals surface area contributed by atoms with E-state index in [1.807, 2.05) is 17.5 Å². The van der Waals surface area contributed by atoms with Gasteiger partial charge in [0.15, 0.2) is 0 Å². The molecule has 1 aliphatic carbocycles. The third-order valence-electron chi connectivity index (χ3n) is 4.06. The molecule has 0 aliphatic heterocycles. The second kappa shape index (κ2) is 5.36. The van der Waals surface area contributed by atoms with Crippen molar-refractivity contribution in [3.05, 3.63) is 23.4 Å². The number of nitrogens with zero attached hydrogens (tertiary/aromatic N) is 2. The lowest BCUT2D eigenvalue weighted by Gasteiger charge is -2.09. The average molecular weight is 292 g/mol. The van der Waals surface area contributed by atoms with Gasteiger partial charge in [0.1, 0.15) is 0 Å². The molecule has 3 atom stereocenters. The molecule has 3 rings (SSSR count). The van der Waals surface area contributed by atoms with Gasteiger partial charge < -0.3 is 9.63 Å². The van der Waals surface area contributed by atoms with Crippen molar-refractivity contribution in [2.75, 3.05) is 0 Å². The van der Waals surface area contributed by atoms with Crippen molar-refractivity contribution < 1.29 is 14.4 Å². The monoisotopic (exact) mass is 292 g/mol. The van der Waals surface area contributed by atoms with E-state index < -0.39 is 11.9 Å². The van der Waals surface area contributed by atoms with Crippen LogP contribution in [0.3, 0.4) is 0 Å². The molecule has 1 N–H and O–H groups in total. The second-order valence-electron chi connectivity index (χ2n) is 5.23. The summed E-state index contributed by atoms with van der Waals surface area (Å²) in [6.07, 6.45) is 2.51. The maximum Gasteiger partial charge on any atom is 0.307 e. The van der Waals surface area contributed by atoms with Crippen molar-refractivity contribution in [2.24, 2.45) is 11.8 Å². The van der Waals surface area contributed by atoms with Crippen LogP contribution < -0.4 is 0 Å². The molecule has 0 bridgehead atoms. The first-order valence-electron chi connectivity index (χ1n) is 6.79. The highest BCUT2D eigenvalue weighted by molar-refractivity contribution is 7.13. The summed E-state index contributed by atoms with van der Waals surface area (Å²) in [5.74, 6) is 0.131. The average Bonchev–Trinajstić information content (AvgIpc) is 3.17. The van der Waals surface area contributed by atoms with Gasteiger partial charge >= 0.3 is 5.97 Å². The Morgan fingerprint density at radius 3 is 3.05 bits per heavy atom. The molecule has 0 radical (unpaired) electrons. The number of aliphatic carboxylic acids is 1. The van der Waals surface area contributed by atoms with Crippen LogP contribution in [0.15, 0.2) is 22.0 Å². The van der Waals surface area contributed by atoms with Gasteiger partial charge in [0.05, 0.1) is 16.7 Å². The Kier molecular flexibility index (Phi) is 3.56. The van der Waals surface area contributed by atoms with Crippen LogP contribution in [0.1, 0.15) is 38.0 Å². The Morgan fingerprint density at radius 1 is 1.55 bits per heavy atom. The summed E-state index contributed by atoms with van der Waals surface area (Å²) in [5, 5.41) is 15.3. The minimum Gasteiger partial charge on any atom is -0.481 e. The van der Waals surface area contributed by atoms with Gasteiger partial charge in [-0.15, -0.1) is 11.3 Å². The van der Waals surface area contributed by atoms with E-state index in [-0.39, 0.29) is 5.92 Å². The fourth-order valence-electron chi connectivity index (χ4n) is 2.91. The molecule has 0 aromatic carbocycles. The first kappa shape index (κ1) is 13.3. The van der Waals surface area contributed by atoms with Gasteiger partial charge in [-0.1, -0.05) is 24.6 Å². The van der Waals surface area contributed by atoms with Gasteiger partial charge in [-0.3, -0.25) is 4.79 Å². The number of hydrogen-bond donors (Lipinski definition) is 1. The van der Waals surface area contributed by atoms with Crippen molar-refractivity contribution >= 4 is 17.3 Å². The molecule has 2 aromatic heterocycles. The first-order chi connectivity index (χ1) is 9.69. The summed E-state index contributed by atoms with van der Waals surface area (Å²) in [5.41, 5.74) is 0. The highest BCUT2D eigenvalue weighted by atomic mass is 32.1. The molecule has 0 amide bonds. The van der Waals surface area contributed by atoms with E-state index in [9.17, 15) is 9.90 Å². The van der Waals surface area contributed by atoms with Crippen molar-refractivity contribution in [3.63, 3.8) is 0 Å². The van der Waals surface area contributed by atoms with Crippen molar-refractivity contribution in [1.82, 2.24) is 10.1 Å². The fourth-order valence-corrected chi connectivity index (χ4v) is 3.56. The van der Waals surface area contributed by atoms with Crippen LogP contribution in [0.4, 0.5) is 0 Å². The lowest BCUT2D eigenvalue weighted by Crippen LogP contribution is -2.17. The Balaban J connectivity index is 1.86. The zero-order valence-electron chi connectivity index (χ0n) is 11.2. The van der Waals surface area contributed by atoms with Crippen molar-refractivity contribution in [3.8, 4) is 10.7 Å². The fraction of sp³-hybridized carbons (Fsp3) is 0.500. The predicted octanol–water partition coefficient (Wildman–Crippen LogP) is 3.40. The van der Waals surface area contributed by atoms with E-state index in [0.29, 0.717) is 24.1 Å². The molecular formula is C14H16N2O3S. The minimum absolute atomic E-state index is 0.154. The van der Waals surface area contributed by atoms with Gasteiger partial charge in [-0.25, -0.2) is 0 Å². The summed E-state index contributed by atoms with van der Waals surface area (Å²) < 4.78 is 5.33. The highest BCUT2D eigenvalue weighted by Crippen LogP contribution is 2.44. The zero-order chi connectivity index (χ0) is 14.1. The van der Waals surface area contributed by atoms with Gasteiger partial charge in [0.25, 0.3) is 0 Å². The molecular weight excluding hydrogens is 276 g/mol. The Hall–Kier alpha value is -1.69. The highest BCUT2D eigenvalue weighted by Gasteiger charge is 2.42. The number of carboxylic acid groups (broad SMARTS) is 1. The third kappa shape index (κ3) is 2.35. The normalized spacial score (nSPS) is 25.9. The smallest absolute Gasteiger partial charge is 0.307 e. The van der Waals surface area contributed by atoms with Gasteiger partial charge in [-0.2, -0.15) is 4.98 Å². The lowest BCUT2D eigenvalue weighted by molar-refractivity contribution is -0.142. The molecule has 3 unspecified atom stereocenters. The number of hydrogen-bond acceptors (Lipinski definition) is 5. The van der Waals surface area contributed by atoms with Gasteiger partial charge in [0.2, 0.25) is 11.7 Å². The Bertz CT molecular complexity index is 593. The maximum atomic E-state index is 11.4. The third-order valence-corrected chi connectivity index (χ3v) is 4.92. The van der Waals surface area contributed by atoms with E-state index in [0.717, 1.165) is 17.7 Å². The molecule has 1 aliphatic rings. The molecule has 5 nitrogen and oxygen atoms in total. The van der Waals surface area contributed by atoms with Crippen LogP contribution in [-0.2, 0) is 4.79 Å². The van der Waals surface area contributed by atoms with Crippen LogP contribution in [0.2, 0.25) is 0 Å². The van der Waals surface area contributed by atoms with Crippen LogP contribution in [-0.4, -0.2) is 21.2 Å². The van der Waals surface area contributed by atoms with Crippen LogP contribution in [0.25, 0.3) is 10.7 Å². The topological polar surface area (TPSA) is 76.2 Å². The number of aromatic nitrogens is 2. The van der Waals surface area contributed by atoms with Gasteiger partial charge in [-0.05, 0) is 30.2 Å². The Labute approximate surface area is 120 Å². The SMILES string of the molecule is CCC1CC(C(=O)O)C(c2nc(-c3cccs3)no2)C1. The minimum atomic E-state index is -0.762. The number of carboxylic acids is 1. The standard InChI is InChI=1S/C14H16N2O3S/c1-2-8-6-9(10(7-8)14(17)18)13-15-12(16-19-13)11-4-3-5-20-11/h3-5,8-10H,2,6-7H2,1H3,(H,17,18). The summed E-state index contributed by atoms with van der Waals surface area (Å²) in [4.78, 5) is 16.7. The molecule has 20 heavy (non-hydrogen) atoms. The Morgan fingerprint density at radius 2 is 2.40 bits per heavy atom. The first-order valence-corrected chi connectivity index (χ1v) is 7.67. The number of rotatable bonds is 4. The van der Waals surface area contributed by atoms with Crippen LogP contribution in [0, 0.1) is 11.8 Å². The number of thiophene rings is 1. The molecule has 2 heterocycles. The van der Waals surface area contributed by atoms with E-state index in [1.165, 1.54) is 0 Å². The summed E-state index contributed by atoms with van der Waals surface area (Å²) in [6, 6.07) is 3.86. The molecule has 106 valence electrons. The molecule has 6 heteroatoms.